The molecule has 0 spiro atoms. The van der Waals surface area contributed by atoms with E-state index in [-0.39, 0.29) is 23.5 Å². The zero-order valence-electron chi connectivity index (χ0n) is 17.4. The van der Waals surface area contributed by atoms with Crippen LogP contribution in [0, 0.1) is 0 Å². The van der Waals surface area contributed by atoms with Gasteiger partial charge in [0, 0.05) is 18.7 Å². The SMILES string of the molecule is COc1ccc(/C=C/C(=O)N(Cc2cccc3ccccc23)[C@H]2CCS(=O)(=O)C2)cc1. The maximum absolute atomic E-state index is 13.2. The van der Waals surface area contributed by atoms with E-state index < -0.39 is 9.84 Å². The second kappa shape index (κ2) is 8.94. The zero-order chi connectivity index (χ0) is 21.8. The molecule has 1 amide bonds. The number of methoxy groups -OCH3 is 1. The lowest BCUT2D eigenvalue weighted by atomic mass is 10.0. The molecule has 4 rings (SSSR count). The Bertz CT molecular complexity index is 1210. The smallest absolute Gasteiger partial charge is 0.247 e. The van der Waals surface area contributed by atoms with Crippen LogP contribution in [0.15, 0.2) is 72.8 Å². The number of carbonyl (C=O) groups excluding carboxylic acids is 1. The number of ether oxygens (including phenoxy) is 1. The van der Waals surface area contributed by atoms with E-state index in [0.29, 0.717) is 13.0 Å². The van der Waals surface area contributed by atoms with Crippen molar-refractivity contribution in [2.75, 3.05) is 18.6 Å². The maximum atomic E-state index is 13.2. The van der Waals surface area contributed by atoms with Crippen LogP contribution in [0.1, 0.15) is 17.5 Å². The zero-order valence-corrected chi connectivity index (χ0v) is 18.2. The largest absolute Gasteiger partial charge is 0.497 e. The number of hydrogen-bond donors (Lipinski definition) is 0. The van der Waals surface area contributed by atoms with Gasteiger partial charge in [-0.3, -0.25) is 4.79 Å². The minimum atomic E-state index is -3.12. The first kappa shape index (κ1) is 21.1. The number of hydrogen-bond acceptors (Lipinski definition) is 4. The van der Waals surface area contributed by atoms with Gasteiger partial charge in [-0.15, -0.1) is 0 Å². The number of nitrogens with zero attached hydrogens (tertiary/aromatic N) is 1. The second-order valence-corrected chi connectivity index (χ2v) is 10.00. The quantitative estimate of drug-likeness (QED) is 0.548. The Hall–Kier alpha value is -3.12. The van der Waals surface area contributed by atoms with E-state index in [1.807, 2.05) is 66.7 Å². The lowest BCUT2D eigenvalue weighted by Gasteiger charge is -2.28. The van der Waals surface area contributed by atoms with Crippen molar-refractivity contribution in [3.8, 4) is 5.75 Å². The summed E-state index contributed by atoms with van der Waals surface area (Å²) in [4.78, 5) is 14.9. The third-order valence-electron chi connectivity index (χ3n) is 5.69. The van der Waals surface area contributed by atoms with Gasteiger partial charge in [0.05, 0.1) is 18.6 Å². The summed E-state index contributed by atoms with van der Waals surface area (Å²) in [6.45, 7) is 0.368. The van der Waals surface area contributed by atoms with Crippen LogP contribution in [-0.2, 0) is 21.2 Å². The first-order valence-corrected chi connectivity index (χ1v) is 12.1. The minimum Gasteiger partial charge on any atom is -0.497 e. The van der Waals surface area contributed by atoms with Crippen molar-refractivity contribution in [1.82, 2.24) is 4.90 Å². The number of carbonyl (C=O) groups is 1. The molecule has 1 aliphatic rings. The molecule has 31 heavy (non-hydrogen) atoms. The molecule has 160 valence electrons. The number of fused-ring (bicyclic) bond motifs is 1. The average Bonchev–Trinajstić information content (AvgIpc) is 3.15. The summed E-state index contributed by atoms with van der Waals surface area (Å²) in [5.74, 6) is 0.696. The molecule has 3 aromatic rings. The van der Waals surface area contributed by atoms with E-state index in [9.17, 15) is 13.2 Å². The summed E-state index contributed by atoms with van der Waals surface area (Å²) in [5, 5.41) is 2.17. The Labute approximate surface area is 182 Å². The Morgan fingerprint density at radius 1 is 1.06 bits per heavy atom. The van der Waals surface area contributed by atoms with Crippen molar-refractivity contribution >= 4 is 32.6 Å². The number of benzene rings is 3. The fourth-order valence-corrected chi connectivity index (χ4v) is 5.73. The summed E-state index contributed by atoms with van der Waals surface area (Å²) >= 11 is 0. The van der Waals surface area contributed by atoms with Crippen molar-refractivity contribution in [3.05, 3.63) is 83.9 Å². The lowest BCUT2D eigenvalue weighted by molar-refractivity contribution is -0.128. The van der Waals surface area contributed by atoms with Crippen molar-refractivity contribution in [2.24, 2.45) is 0 Å². The molecule has 1 fully saturated rings. The Kier molecular flexibility index (Phi) is 6.09. The summed E-state index contributed by atoms with van der Waals surface area (Å²) in [6, 6.07) is 21.1. The van der Waals surface area contributed by atoms with E-state index in [0.717, 1.165) is 27.6 Å². The van der Waals surface area contributed by atoms with Crippen molar-refractivity contribution in [3.63, 3.8) is 0 Å². The molecule has 1 aliphatic heterocycles. The van der Waals surface area contributed by atoms with Crippen LogP contribution in [0.25, 0.3) is 16.8 Å². The van der Waals surface area contributed by atoms with Gasteiger partial charge in [0.2, 0.25) is 5.91 Å². The minimum absolute atomic E-state index is 0.0138. The highest BCUT2D eigenvalue weighted by atomic mass is 32.2. The van der Waals surface area contributed by atoms with Gasteiger partial charge >= 0.3 is 0 Å². The average molecular weight is 436 g/mol. The van der Waals surface area contributed by atoms with Crippen molar-refractivity contribution < 1.29 is 17.9 Å². The van der Waals surface area contributed by atoms with E-state index in [1.165, 1.54) is 6.08 Å². The van der Waals surface area contributed by atoms with Gasteiger partial charge in [0.1, 0.15) is 5.75 Å². The maximum Gasteiger partial charge on any atom is 0.247 e. The Balaban J connectivity index is 1.62. The van der Waals surface area contributed by atoms with E-state index in [2.05, 4.69) is 0 Å². The number of sulfone groups is 1. The normalized spacial score (nSPS) is 17.8. The molecule has 1 atom stereocenters. The van der Waals surface area contributed by atoms with Gasteiger partial charge in [0.15, 0.2) is 9.84 Å². The fourth-order valence-electron chi connectivity index (χ4n) is 4.00. The van der Waals surface area contributed by atoms with Crippen LogP contribution in [0.5, 0.6) is 5.75 Å². The second-order valence-electron chi connectivity index (χ2n) is 7.77. The molecule has 3 aromatic carbocycles. The molecule has 0 unspecified atom stereocenters. The van der Waals surface area contributed by atoms with Crippen LogP contribution in [0.2, 0.25) is 0 Å². The van der Waals surface area contributed by atoms with Crippen LogP contribution >= 0.6 is 0 Å². The lowest BCUT2D eigenvalue weighted by Crippen LogP contribution is -2.39. The third kappa shape index (κ3) is 4.97. The predicted molar refractivity (Wildman–Crippen MR) is 124 cm³/mol. The molecule has 1 saturated heterocycles. The molecule has 0 radical (unpaired) electrons. The molecule has 0 N–H and O–H groups in total. The highest BCUT2D eigenvalue weighted by Crippen LogP contribution is 2.25. The highest BCUT2D eigenvalue weighted by Gasteiger charge is 2.34. The molecule has 0 aliphatic carbocycles. The van der Waals surface area contributed by atoms with E-state index in [4.69, 9.17) is 4.74 Å². The summed E-state index contributed by atoms with van der Waals surface area (Å²) in [7, 11) is -1.51. The fraction of sp³-hybridized carbons (Fsp3) is 0.240. The Morgan fingerprint density at radius 3 is 2.52 bits per heavy atom. The van der Waals surface area contributed by atoms with Crippen molar-refractivity contribution in [2.45, 2.75) is 19.0 Å². The van der Waals surface area contributed by atoms with E-state index >= 15 is 0 Å². The topological polar surface area (TPSA) is 63.7 Å². The number of rotatable bonds is 6. The molecule has 5 nitrogen and oxygen atoms in total. The molecular weight excluding hydrogens is 410 g/mol. The van der Waals surface area contributed by atoms with Gasteiger partial charge in [-0.1, -0.05) is 54.6 Å². The van der Waals surface area contributed by atoms with Crippen LogP contribution < -0.4 is 4.74 Å². The standard InChI is InChI=1S/C25H25NO4S/c1-30-23-12-9-19(10-13-23)11-14-25(27)26(22-15-16-31(28,29)18-22)17-21-7-4-6-20-5-2-3-8-24(20)21/h2-14,22H,15-18H2,1H3/b14-11+/t22-/m0/s1. The van der Waals surface area contributed by atoms with Crippen LogP contribution in [0.3, 0.4) is 0 Å². The summed E-state index contributed by atoms with van der Waals surface area (Å²) in [5.41, 5.74) is 1.88. The molecule has 0 aromatic heterocycles. The predicted octanol–water partition coefficient (Wildman–Crippen LogP) is 4.08. The van der Waals surface area contributed by atoms with Crippen LogP contribution in [0.4, 0.5) is 0 Å². The summed E-state index contributed by atoms with van der Waals surface area (Å²) < 4.78 is 29.4. The van der Waals surface area contributed by atoms with Gasteiger partial charge in [-0.2, -0.15) is 0 Å². The first-order valence-electron chi connectivity index (χ1n) is 10.2. The van der Waals surface area contributed by atoms with Crippen LogP contribution in [-0.4, -0.2) is 43.9 Å². The first-order chi connectivity index (χ1) is 14.9. The van der Waals surface area contributed by atoms with Gasteiger partial charge < -0.3 is 9.64 Å². The molecular formula is C25H25NO4S. The molecule has 1 heterocycles. The third-order valence-corrected chi connectivity index (χ3v) is 7.44. The molecule has 6 heteroatoms. The molecule has 0 saturated carbocycles. The van der Waals surface area contributed by atoms with Gasteiger partial charge in [-0.05, 0) is 46.5 Å². The highest BCUT2D eigenvalue weighted by molar-refractivity contribution is 7.91. The van der Waals surface area contributed by atoms with Gasteiger partial charge in [-0.25, -0.2) is 8.42 Å². The summed E-state index contributed by atoms with van der Waals surface area (Å²) in [6.07, 6.45) is 3.74. The van der Waals surface area contributed by atoms with E-state index in [1.54, 1.807) is 18.1 Å². The van der Waals surface area contributed by atoms with Gasteiger partial charge in [0.25, 0.3) is 0 Å². The monoisotopic (exact) mass is 435 g/mol. The Morgan fingerprint density at radius 2 is 1.81 bits per heavy atom. The molecule has 0 bridgehead atoms. The number of amides is 1. The van der Waals surface area contributed by atoms with Crippen molar-refractivity contribution in [1.29, 1.82) is 0 Å².